The SMILES string of the molecule is Cc1cc(S(=O)(=O)N2CCC(N)C(C)(C)C2)ccc1C#N.Cl. The maximum absolute atomic E-state index is 12.7. The first kappa shape index (κ1) is 18.9. The summed E-state index contributed by atoms with van der Waals surface area (Å²) in [6.07, 6.45) is 0.654. The third-order valence-electron chi connectivity index (χ3n) is 4.23. The molecule has 0 aromatic heterocycles. The zero-order chi connectivity index (χ0) is 15.8. The minimum atomic E-state index is -3.54. The summed E-state index contributed by atoms with van der Waals surface area (Å²) in [7, 11) is -3.54. The summed E-state index contributed by atoms with van der Waals surface area (Å²) < 4.78 is 27.0. The smallest absolute Gasteiger partial charge is 0.243 e. The number of hydrogen-bond acceptors (Lipinski definition) is 4. The van der Waals surface area contributed by atoms with Gasteiger partial charge >= 0.3 is 0 Å². The molecule has 1 aliphatic rings. The van der Waals surface area contributed by atoms with Crippen molar-refractivity contribution in [1.29, 1.82) is 5.26 Å². The third-order valence-corrected chi connectivity index (χ3v) is 6.07. The quantitative estimate of drug-likeness (QED) is 0.890. The minimum absolute atomic E-state index is 0. The lowest BCUT2D eigenvalue weighted by molar-refractivity contribution is 0.155. The number of sulfonamides is 1. The van der Waals surface area contributed by atoms with Crippen molar-refractivity contribution < 1.29 is 8.42 Å². The van der Waals surface area contributed by atoms with E-state index in [1.807, 2.05) is 19.9 Å². The van der Waals surface area contributed by atoms with Crippen molar-refractivity contribution in [2.24, 2.45) is 11.1 Å². The van der Waals surface area contributed by atoms with Crippen molar-refractivity contribution in [3.05, 3.63) is 29.3 Å². The van der Waals surface area contributed by atoms with E-state index >= 15 is 0 Å². The fourth-order valence-electron chi connectivity index (χ4n) is 2.60. The Kier molecular flexibility index (Phi) is 5.63. The Balaban J connectivity index is 0.00000242. The molecule has 0 amide bonds. The number of rotatable bonds is 2. The molecule has 0 aliphatic carbocycles. The summed E-state index contributed by atoms with van der Waals surface area (Å²) in [5, 5.41) is 8.93. The Hall–Kier alpha value is -1.13. The van der Waals surface area contributed by atoms with Crippen LogP contribution in [0.1, 0.15) is 31.4 Å². The average Bonchev–Trinajstić information content (AvgIpc) is 2.41. The van der Waals surface area contributed by atoms with Crippen LogP contribution in [0.4, 0.5) is 0 Å². The van der Waals surface area contributed by atoms with E-state index in [-0.39, 0.29) is 28.8 Å². The van der Waals surface area contributed by atoms with Gasteiger partial charge in [0.2, 0.25) is 10.0 Å². The first-order valence-electron chi connectivity index (χ1n) is 6.95. The molecule has 0 spiro atoms. The van der Waals surface area contributed by atoms with Crippen molar-refractivity contribution in [3.63, 3.8) is 0 Å². The van der Waals surface area contributed by atoms with Crippen LogP contribution in [0, 0.1) is 23.7 Å². The predicted molar refractivity (Wildman–Crippen MR) is 88.3 cm³/mol. The number of nitrogens with two attached hydrogens (primary N) is 1. The van der Waals surface area contributed by atoms with Crippen molar-refractivity contribution >= 4 is 22.4 Å². The highest BCUT2D eigenvalue weighted by molar-refractivity contribution is 7.89. The van der Waals surface area contributed by atoms with Crippen molar-refractivity contribution in [1.82, 2.24) is 4.31 Å². The molecule has 122 valence electrons. The molecule has 1 unspecified atom stereocenters. The molecule has 7 heteroatoms. The van der Waals surface area contributed by atoms with Gasteiger partial charge in [0.15, 0.2) is 0 Å². The highest BCUT2D eigenvalue weighted by Crippen LogP contribution is 2.31. The highest BCUT2D eigenvalue weighted by atomic mass is 35.5. The maximum atomic E-state index is 12.7. The molecule has 1 aromatic rings. The van der Waals surface area contributed by atoms with E-state index in [1.54, 1.807) is 19.1 Å². The second kappa shape index (κ2) is 6.55. The number of piperidine rings is 1. The lowest BCUT2D eigenvalue weighted by Gasteiger charge is -2.41. The van der Waals surface area contributed by atoms with Crippen molar-refractivity contribution in [2.45, 2.75) is 38.1 Å². The van der Waals surface area contributed by atoms with Crippen LogP contribution >= 0.6 is 12.4 Å². The van der Waals surface area contributed by atoms with Gasteiger partial charge in [0.05, 0.1) is 16.5 Å². The van der Waals surface area contributed by atoms with Crippen LogP contribution in [-0.4, -0.2) is 31.9 Å². The molecule has 0 bridgehead atoms. The van der Waals surface area contributed by atoms with Crippen LogP contribution in [-0.2, 0) is 10.0 Å². The number of nitrogens with zero attached hydrogens (tertiary/aromatic N) is 2. The molecule has 1 saturated heterocycles. The Bertz CT molecular complexity index is 695. The summed E-state index contributed by atoms with van der Waals surface area (Å²) in [4.78, 5) is 0.241. The number of hydrogen-bond donors (Lipinski definition) is 1. The summed E-state index contributed by atoms with van der Waals surface area (Å²) in [6, 6.07) is 6.68. The van der Waals surface area contributed by atoms with E-state index < -0.39 is 10.0 Å². The molecule has 22 heavy (non-hydrogen) atoms. The minimum Gasteiger partial charge on any atom is -0.327 e. The van der Waals surface area contributed by atoms with E-state index in [4.69, 9.17) is 11.0 Å². The van der Waals surface area contributed by atoms with Gasteiger partial charge in [-0.25, -0.2) is 8.42 Å². The summed E-state index contributed by atoms with van der Waals surface area (Å²) in [5.74, 6) is 0. The molecule has 5 nitrogen and oxygen atoms in total. The fraction of sp³-hybridized carbons (Fsp3) is 0.533. The maximum Gasteiger partial charge on any atom is 0.243 e. The number of halogens is 1. The first-order chi connectivity index (χ1) is 9.68. The topological polar surface area (TPSA) is 87.2 Å². The largest absolute Gasteiger partial charge is 0.327 e. The molecule has 1 atom stereocenters. The Labute approximate surface area is 138 Å². The molecule has 0 radical (unpaired) electrons. The van der Waals surface area contributed by atoms with Crippen LogP contribution < -0.4 is 5.73 Å². The number of nitriles is 1. The molecule has 1 heterocycles. The van der Waals surface area contributed by atoms with E-state index in [0.717, 1.165) is 0 Å². The van der Waals surface area contributed by atoms with Crippen LogP contribution in [0.15, 0.2) is 23.1 Å². The second-order valence-electron chi connectivity index (χ2n) is 6.31. The second-order valence-corrected chi connectivity index (χ2v) is 8.25. The van der Waals surface area contributed by atoms with E-state index in [9.17, 15) is 8.42 Å². The van der Waals surface area contributed by atoms with Gasteiger partial charge in [-0.2, -0.15) is 9.57 Å². The molecule has 1 aromatic carbocycles. The van der Waals surface area contributed by atoms with Crippen LogP contribution in [0.25, 0.3) is 0 Å². The predicted octanol–water partition coefficient (Wildman–Crippen LogP) is 2.04. The Morgan fingerprint density at radius 3 is 2.55 bits per heavy atom. The van der Waals surface area contributed by atoms with Gasteiger partial charge in [-0.15, -0.1) is 12.4 Å². The van der Waals surface area contributed by atoms with Gasteiger partial charge in [-0.05, 0) is 42.5 Å². The summed E-state index contributed by atoms with van der Waals surface area (Å²) >= 11 is 0. The number of aryl methyl sites for hydroxylation is 1. The lowest BCUT2D eigenvalue weighted by Crippen LogP contribution is -2.53. The summed E-state index contributed by atoms with van der Waals surface area (Å²) in [5.41, 5.74) is 6.99. The zero-order valence-electron chi connectivity index (χ0n) is 13.0. The van der Waals surface area contributed by atoms with Gasteiger partial charge in [0, 0.05) is 19.1 Å². The molecular formula is C15H22ClN3O2S. The molecule has 0 saturated carbocycles. The monoisotopic (exact) mass is 343 g/mol. The number of benzene rings is 1. The van der Waals surface area contributed by atoms with E-state index in [2.05, 4.69) is 0 Å². The molecule has 2 N–H and O–H groups in total. The molecular weight excluding hydrogens is 322 g/mol. The van der Waals surface area contributed by atoms with E-state index in [1.165, 1.54) is 10.4 Å². The van der Waals surface area contributed by atoms with Gasteiger partial charge < -0.3 is 5.73 Å². The molecule has 2 rings (SSSR count). The Morgan fingerprint density at radius 1 is 1.41 bits per heavy atom. The normalized spacial score (nSPS) is 21.7. The van der Waals surface area contributed by atoms with Gasteiger partial charge in [-0.1, -0.05) is 13.8 Å². The van der Waals surface area contributed by atoms with Gasteiger partial charge in [-0.3, -0.25) is 0 Å². The average molecular weight is 344 g/mol. The highest BCUT2D eigenvalue weighted by Gasteiger charge is 2.38. The first-order valence-corrected chi connectivity index (χ1v) is 8.39. The van der Waals surface area contributed by atoms with E-state index in [0.29, 0.717) is 30.6 Å². The fourth-order valence-corrected chi connectivity index (χ4v) is 4.31. The molecule has 1 aliphatic heterocycles. The van der Waals surface area contributed by atoms with Crippen molar-refractivity contribution in [3.8, 4) is 6.07 Å². The molecule has 1 fully saturated rings. The standard InChI is InChI=1S/C15H21N3O2S.ClH/c1-11-8-13(5-4-12(11)9-16)21(19,20)18-7-6-14(17)15(2,3)10-18;/h4-5,8,14H,6-7,10,17H2,1-3H3;1H. The van der Waals surface area contributed by atoms with Gasteiger partial charge in [0.25, 0.3) is 0 Å². The lowest BCUT2D eigenvalue weighted by atomic mass is 9.81. The van der Waals surface area contributed by atoms with Crippen LogP contribution in [0.2, 0.25) is 0 Å². The Morgan fingerprint density at radius 2 is 2.05 bits per heavy atom. The third kappa shape index (κ3) is 3.44. The van der Waals surface area contributed by atoms with Crippen molar-refractivity contribution in [2.75, 3.05) is 13.1 Å². The van der Waals surface area contributed by atoms with Crippen LogP contribution in [0.3, 0.4) is 0 Å². The van der Waals surface area contributed by atoms with Gasteiger partial charge in [0.1, 0.15) is 0 Å². The zero-order valence-corrected chi connectivity index (χ0v) is 14.7. The summed E-state index contributed by atoms with van der Waals surface area (Å²) in [6.45, 7) is 6.57. The van der Waals surface area contributed by atoms with Crippen LogP contribution in [0.5, 0.6) is 0 Å².